The summed E-state index contributed by atoms with van der Waals surface area (Å²) in [5, 5.41) is 0. The van der Waals surface area contributed by atoms with Gasteiger partial charge < -0.3 is 0 Å². The minimum absolute atomic E-state index is 0.249. The molecule has 1 aliphatic rings. The van der Waals surface area contributed by atoms with E-state index in [1.165, 1.54) is 44.2 Å². The van der Waals surface area contributed by atoms with E-state index in [1.54, 1.807) is 6.07 Å². The van der Waals surface area contributed by atoms with Gasteiger partial charge in [0.1, 0.15) is 11.6 Å². The second-order valence-electron chi connectivity index (χ2n) is 5.83. The molecule has 1 aromatic rings. The molecule has 0 unspecified atom stereocenters. The summed E-state index contributed by atoms with van der Waals surface area (Å²) in [5.74, 6) is 0.742. The number of Topliss-reactive ketones (excluding diaryl/α,β-unsaturated/α-hetero) is 1. The first-order valence-corrected chi connectivity index (χ1v) is 7.42. The topological polar surface area (TPSA) is 17.1 Å². The highest BCUT2D eigenvalue weighted by Crippen LogP contribution is 2.27. The molecule has 1 fully saturated rings. The van der Waals surface area contributed by atoms with Crippen LogP contribution in [0.15, 0.2) is 18.2 Å². The summed E-state index contributed by atoms with van der Waals surface area (Å²) in [6.07, 6.45) is 8.62. The molecule has 104 valence electrons. The van der Waals surface area contributed by atoms with Gasteiger partial charge in [0.05, 0.1) is 0 Å². The lowest BCUT2D eigenvalue weighted by Crippen LogP contribution is -2.10. The second-order valence-corrected chi connectivity index (χ2v) is 5.83. The molecule has 0 aromatic heterocycles. The summed E-state index contributed by atoms with van der Waals surface area (Å²) >= 11 is 0. The molecule has 2 heteroatoms. The Morgan fingerprint density at radius 3 is 2.74 bits per heavy atom. The highest BCUT2D eigenvalue weighted by molar-refractivity contribution is 5.81. The van der Waals surface area contributed by atoms with Gasteiger partial charge in [0, 0.05) is 12.8 Å². The first kappa shape index (κ1) is 14.2. The first-order chi connectivity index (χ1) is 9.15. The fourth-order valence-corrected chi connectivity index (χ4v) is 2.97. The Morgan fingerprint density at radius 2 is 2.00 bits per heavy atom. The zero-order valence-corrected chi connectivity index (χ0v) is 11.8. The molecular weight excluding hydrogens is 239 g/mol. The Bertz CT molecular complexity index is 433. The van der Waals surface area contributed by atoms with Crippen molar-refractivity contribution in [3.8, 4) is 0 Å². The highest BCUT2D eigenvalue weighted by Gasteiger charge is 2.15. The smallest absolute Gasteiger partial charge is 0.137 e. The lowest BCUT2D eigenvalue weighted by atomic mass is 9.85. The maximum atomic E-state index is 13.2. The molecule has 0 amide bonds. The molecule has 1 nitrogen and oxygen atoms in total. The predicted octanol–water partition coefficient (Wildman–Crippen LogP) is 4.61. The van der Waals surface area contributed by atoms with Gasteiger partial charge in [-0.3, -0.25) is 4.79 Å². The van der Waals surface area contributed by atoms with Crippen molar-refractivity contribution >= 4 is 5.78 Å². The molecule has 19 heavy (non-hydrogen) atoms. The van der Waals surface area contributed by atoms with E-state index in [0.29, 0.717) is 12.8 Å². The lowest BCUT2D eigenvalue weighted by molar-refractivity contribution is -0.118. The van der Waals surface area contributed by atoms with Crippen LogP contribution in [0.25, 0.3) is 0 Å². The van der Waals surface area contributed by atoms with Crippen LogP contribution >= 0.6 is 0 Å². The predicted molar refractivity (Wildman–Crippen MR) is 75.7 cm³/mol. The van der Waals surface area contributed by atoms with E-state index < -0.39 is 0 Å². The van der Waals surface area contributed by atoms with Crippen LogP contribution in [0.2, 0.25) is 0 Å². The van der Waals surface area contributed by atoms with Crippen molar-refractivity contribution < 1.29 is 9.18 Å². The highest BCUT2D eigenvalue weighted by atomic mass is 19.1. The van der Waals surface area contributed by atoms with Crippen molar-refractivity contribution in [2.75, 3.05) is 0 Å². The Kier molecular flexibility index (Phi) is 5.12. The second kappa shape index (κ2) is 6.83. The van der Waals surface area contributed by atoms with Crippen molar-refractivity contribution in [1.82, 2.24) is 0 Å². The molecule has 1 aliphatic carbocycles. The number of carbonyl (C=O) groups is 1. The number of rotatable bonds is 5. The van der Waals surface area contributed by atoms with Gasteiger partial charge in [-0.2, -0.15) is 0 Å². The first-order valence-electron chi connectivity index (χ1n) is 7.42. The maximum absolute atomic E-state index is 13.2. The van der Waals surface area contributed by atoms with Gasteiger partial charge in [-0.1, -0.05) is 38.2 Å². The molecular formula is C17H23FO. The Balaban J connectivity index is 1.81. The third-order valence-electron chi connectivity index (χ3n) is 4.25. The van der Waals surface area contributed by atoms with Crippen molar-refractivity contribution in [2.24, 2.45) is 5.92 Å². The zero-order chi connectivity index (χ0) is 13.7. The number of hydrogen-bond donors (Lipinski definition) is 0. The standard InChI is InChI=1S/C17H23FO/c1-13-7-9-16(18)11-15(13)12-17(19)10-8-14-5-3-2-4-6-14/h7,9,11,14H,2-6,8,10,12H2,1H3. The number of benzene rings is 1. The van der Waals surface area contributed by atoms with Crippen molar-refractivity contribution in [3.05, 3.63) is 35.1 Å². The monoisotopic (exact) mass is 262 g/mol. The van der Waals surface area contributed by atoms with Crippen molar-refractivity contribution in [3.63, 3.8) is 0 Å². The average Bonchev–Trinajstić information content (AvgIpc) is 2.42. The summed E-state index contributed by atoms with van der Waals surface area (Å²) in [5.41, 5.74) is 1.85. The van der Waals surface area contributed by atoms with Gasteiger partial charge in [-0.15, -0.1) is 0 Å². The molecule has 0 N–H and O–H groups in total. The minimum Gasteiger partial charge on any atom is -0.299 e. The third-order valence-corrected chi connectivity index (χ3v) is 4.25. The molecule has 0 saturated heterocycles. The van der Waals surface area contributed by atoms with Crippen LogP contribution in [-0.4, -0.2) is 5.78 Å². The van der Waals surface area contributed by atoms with E-state index in [1.807, 2.05) is 6.92 Å². The van der Waals surface area contributed by atoms with Crippen molar-refractivity contribution in [1.29, 1.82) is 0 Å². The molecule has 1 aromatic carbocycles. The zero-order valence-electron chi connectivity index (χ0n) is 11.8. The lowest BCUT2D eigenvalue weighted by Gasteiger charge is -2.20. The fourth-order valence-electron chi connectivity index (χ4n) is 2.97. The van der Waals surface area contributed by atoms with E-state index in [0.717, 1.165) is 23.5 Å². The van der Waals surface area contributed by atoms with Crippen LogP contribution in [-0.2, 0) is 11.2 Å². The molecule has 0 spiro atoms. The summed E-state index contributed by atoms with van der Waals surface area (Å²) < 4.78 is 13.2. The molecule has 2 rings (SSSR count). The quantitative estimate of drug-likeness (QED) is 0.757. The fraction of sp³-hybridized carbons (Fsp3) is 0.588. The van der Waals surface area contributed by atoms with Crippen LogP contribution in [0.3, 0.4) is 0 Å². The van der Waals surface area contributed by atoms with E-state index in [-0.39, 0.29) is 11.6 Å². The third kappa shape index (κ3) is 4.45. The summed E-state index contributed by atoms with van der Waals surface area (Å²) in [6, 6.07) is 4.69. The van der Waals surface area contributed by atoms with Gasteiger partial charge in [0.15, 0.2) is 0 Å². The van der Waals surface area contributed by atoms with E-state index in [9.17, 15) is 9.18 Å². The van der Waals surface area contributed by atoms with Gasteiger partial charge in [-0.25, -0.2) is 4.39 Å². The van der Waals surface area contributed by atoms with E-state index in [4.69, 9.17) is 0 Å². The van der Waals surface area contributed by atoms with Crippen LogP contribution in [0.5, 0.6) is 0 Å². The largest absolute Gasteiger partial charge is 0.299 e. The summed E-state index contributed by atoms with van der Waals surface area (Å²) in [7, 11) is 0. The van der Waals surface area contributed by atoms with Crippen LogP contribution in [0.1, 0.15) is 56.1 Å². The van der Waals surface area contributed by atoms with Crippen LogP contribution in [0.4, 0.5) is 4.39 Å². The Morgan fingerprint density at radius 1 is 1.26 bits per heavy atom. The number of carbonyl (C=O) groups excluding carboxylic acids is 1. The van der Waals surface area contributed by atoms with Crippen LogP contribution < -0.4 is 0 Å². The van der Waals surface area contributed by atoms with Gasteiger partial charge in [0.25, 0.3) is 0 Å². The molecule has 0 heterocycles. The van der Waals surface area contributed by atoms with Gasteiger partial charge >= 0.3 is 0 Å². The van der Waals surface area contributed by atoms with Gasteiger partial charge in [-0.05, 0) is 42.5 Å². The average molecular weight is 262 g/mol. The number of halogens is 1. The molecule has 0 radical (unpaired) electrons. The molecule has 0 atom stereocenters. The summed E-state index contributed by atoms with van der Waals surface area (Å²) in [6.45, 7) is 1.93. The minimum atomic E-state index is -0.249. The van der Waals surface area contributed by atoms with Crippen LogP contribution in [0, 0.1) is 18.7 Å². The maximum Gasteiger partial charge on any atom is 0.137 e. The number of ketones is 1. The van der Waals surface area contributed by atoms with Gasteiger partial charge in [0.2, 0.25) is 0 Å². The summed E-state index contributed by atoms with van der Waals surface area (Å²) in [4.78, 5) is 12.0. The normalized spacial score (nSPS) is 16.5. The number of hydrogen-bond acceptors (Lipinski definition) is 1. The van der Waals surface area contributed by atoms with E-state index >= 15 is 0 Å². The Hall–Kier alpha value is -1.18. The van der Waals surface area contributed by atoms with E-state index in [2.05, 4.69) is 0 Å². The molecule has 0 aliphatic heterocycles. The van der Waals surface area contributed by atoms with Crippen molar-refractivity contribution in [2.45, 2.75) is 58.3 Å². The SMILES string of the molecule is Cc1ccc(F)cc1CC(=O)CCC1CCCCC1. The Labute approximate surface area is 115 Å². The molecule has 0 bridgehead atoms. The number of aryl methyl sites for hydroxylation is 1. The molecule has 1 saturated carbocycles.